The summed E-state index contributed by atoms with van der Waals surface area (Å²) in [5, 5.41) is 11.3. The molecule has 0 aliphatic heterocycles. The number of azide groups is 1. The van der Waals surface area contributed by atoms with Crippen molar-refractivity contribution in [2.75, 3.05) is 0 Å². The summed E-state index contributed by atoms with van der Waals surface area (Å²) < 4.78 is 1.44. The Morgan fingerprint density at radius 2 is 2.04 bits per heavy atom. The molecule has 2 N–H and O–H groups in total. The maximum Gasteiger partial charge on any atom is 0.266 e. The average Bonchev–Trinajstić information content (AvgIpc) is 2.72. The second kappa shape index (κ2) is 8.49. The van der Waals surface area contributed by atoms with Gasteiger partial charge >= 0.3 is 0 Å². The topological polar surface area (TPSA) is 134 Å². The van der Waals surface area contributed by atoms with Crippen LogP contribution in [0.2, 0.25) is 0 Å². The maximum atomic E-state index is 13.5. The predicted octanol–water partition coefficient (Wildman–Crippen LogP) is 3.59. The van der Waals surface area contributed by atoms with Gasteiger partial charge in [-0.25, -0.2) is 4.98 Å². The number of hydrogen-bond acceptors (Lipinski definition) is 5. The van der Waals surface area contributed by atoms with Crippen molar-refractivity contribution >= 4 is 10.9 Å². The Kier molecular flexibility index (Phi) is 5.65. The van der Waals surface area contributed by atoms with Crippen molar-refractivity contribution in [2.45, 2.75) is 19.0 Å². The highest BCUT2D eigenvalue weighted by atomic mass is 16.1. The van der Waals surface area contributed by atoms with E-state index >= 15 is 0 Å². The summed E-state index contributed by atoms with van der Waals surface area (Å²) in [7, 11) is 0. The first-order valence-electron chi connectivity index (χ1n) is 8.35. The number of nitrogens with two attached hydrogens (primary N) is 1. The van der Waals surface area contributed by atoms with Crippen LogP contribution in [0.4, 0.5) is 0 Å². The highest BCUT2D eigenvalue weighted by Crippen LogP contribution is 2.24. The molecule has 1 atom stereocenters. The minimum atomic E-state index is -0.687. The van der Waals surface area contributed by atoms with Crippen LogP contribution in [0.25, 0.3) is 27.0 Å². The van der Waals surface area contributed by atoms with Crippen LogP contribution in [0.1, 0.15) is 23.9 Å². The molecule has 1 aromatic heterocycles. The van der Waals surface area contributed by atoms with Crippen molar-refractivity contribution in [3.05, 3.63) is 80.7 Å². The van der Waals surface area contributed by atoms with E-state index in [1.165, 1.54) is 4.57 Å². The van der Waals surface area contributed by atoms with E-state index in [0.29, 0.717) is 28.0 Å². The molecule has 0 aliphatic rings. The molecule has 9 nitrogen and oxygen atoms in total. The third-order valence-corrected chi connectivity index (χ3v) is 4.14. The smallest absolute Gasteiger partial charge is 0.266 e. The Balaban J connectivity index is 2.41. The van der Waals surface area contributed by atoms with Gasteiger partial charge in [0.05, 0.1) is 23.1 Å². The molecule has 0 spiro atoms. The molecule has 1 heterocycles. The molecular weight excluding hydrogens is 356 g/mol. The van der Waals surface area contributed by atoms with Gasteiger partial charge in [-0.3, -0.25) is 9.36 Å². The van der Waals surface area contributed by atoms with Crippen molar-refractivity contribution in [3.8, 4) is 18.0 Å². The van der Waals surface area contributed by atoms with Gasteiger partial charge in [0.15, 0.2) is 0 Å². The number of hydrogen-bond donors (Lipinski definition) is 1. The van der Waals surface area contributed by atoms with Crippen LogP contribution < -0.4 is 11.4 Å². The van der Waals surface area contributed by atoms with E-state index in [2.05, 4.69) is 31.3 Å². The van der Waals surface area contributed by atoms with Gasteiger partial charge in [-0.05, 0) is 29.3 Å². The summed E-state index contributed by atoms with van der Waals surface area (Å²) >= 11 is 0. The van der Waals surface area contributed by atoms with Crippen molar-refractivity contribution < 1.29 is 0 Å². The quantitative estimate of drug-likeness (QED) is 0.177. The fourth-order valence-electron chi connectivity index (χ4n) is 2.98. The fraction of sp³-hybridized carbons (Fsp3) is 0.158. The van der Waals surface area contributed by atoms with Crippen molar-refractivity contribution in [1.29, 1.82) is 0 Å². The molecule has 1 unspecified atom stereocenters. The zero-order chi connectivity index (χ0) is 19.9. The highest BCUT2D eigenvalue weighted by Gasteiger charge is 2.21. The van der Waals surface area contributed by atoms with E-state index in [9.17, 15) is 4.79 Å². The number of nitrogens with zero attached hydrogens (tertiary/aromatic N) is 7. The lowest BCUT2D eigenvalue weighted by atomic mass is 10.1. The summed E-state index contributed by atoms with van der Waals surface area (Å²) in [6.45, 7) is 0.0369. The van der Waals surface area contributed by atoms with Crippen LogP contribution in [0, 0.1) is 12.3 Å². The first-order valence-corrected chi connectivity index (χ1v) is 8.35. The number of benzene rings is 2. The van der Waals surface area contributed by atoms with E-state index in [-0.39, 0.29) is 18.5 Å². The van der Waals surface area contributed by atoms with Crippen LogP contribution in [0.5, 0.6) is 0 Å². The SMILES string of the molecule is C#CCC(N=NN)c1nc2cccc(CN=[N+]=[N-])c2c(=O)n1-c1ccccc1. The Bertz CT molecular complexity index is 1170. The van der Waals surface area contributed by atoms with Gasteiger partial charge in [-0.2, -0.15) is 5.11 Å². The molecule has 0 bridgehead atoms. The highest BCUT2D eigenvalue weighted by molar-refractivity contribution is 5.81. The summed E-state index contributed by atoms with van der Waals surface area (Å²) in [5.74, 6) is 8.09. The van der Waals surface area contributed by atoms with E-state index in [0.717, 1.165) is 0 Å². The molecule has 28 heavy (non-hydrogen) atoms. The number of rotatable bonds is 6. The molecule has 0 saturated heterocycles. The van der Waals surface area contributed by atoms with Gasteiger partial charge < -0.3 is 5.84 Å². The van der Waals surface area contributed by atoms with Crippen LogP contribution in [-0.4, -0.2) is 9.55 Å². The summed E-state index contributed by atoms with van der Waals surface area (Å²) in [6, 6.07) is 13.5. The van der Waals surface area contributed by atoms with Crippen molar-refractivity contribution in [2.24, 2.45) is 21.3 Å². The third-order valence-electron chi connectivity index (χ3n) is 4.14. The normalized spacial score (nSPS) is 11.8. The fourth-order valence-corrected chi connectivity index (χ4v) is 2.98. The van der Waals surface area contributed by atoms with Gasteiger partial charge in [-0.15, -0.1) is 12.3 Å². The lowest BCUT2D eigenvalue weighted by molar-refractivity contribution is 0.620. The lowest BCUT2D eigenvalue weighted by Crippen LogP contribution is -2.26. The van der Waals surface area contributed by atoms with Gasteiger partial charge in [0, 0.05) is 11.3 Å². The van der Waals surface area contributed by atoms with Crippen LogP contribution >= 0.6 is 0 Å². The van der Waals surface area contributed by atoms with E-state index in [1.54, 1.807) is 30.3 Å². The first kappa shape index (κ1) is 18.6. The zero-order valence-electron chi connectivity index (χ0n) is 14.8. The Labute approximate surface area is 160 Å². The molecule has 0 saturated carbocycles. The molecule has 9 heteroatoms. The number of aromatic nitrogens is 2. The predicted molar refractivity (Wildman–Crippen MR) is 105 cm³/mol. The number of para-hydroxylation sites is 1. The van der Waals surface area contributed by atoms with Gasteiger partial charge in [0.1, 0.15) is 11.9 Å². The molecule has 0 aliphatic carbocycles. The van der Waals surface area contributed by atoms with Crippen LogP contribution in [0.3, 0.4) is 0 Å². The second-order valence-electron chi connectivity index (χ2n) is 5.80. The van der Waals surface area contributed by atoms with E-state index < -0.39 is 6.04 Å². The van der Waals surface area contributed by atoms with Gasteiger partial charge in [0.25, 0.3) is 5.56 Å². The largest absolute Gasteiger partial charge is 0.305 e. The molecule has 3 rings (SSSR count). The maximum absolute atomic E-state index is 13.5. The lowest BCUT2D eigenvalue weighted by Gasteiger charge is -2.17. The number of fused-ring (bicyclic) bond motifs is 1. The summed E-state index contributed by atoms with van der Waals surface area (Å²) in [5.41, 5.74) is 9.96. The molecule has 0 fully saturated rings. The summed E-state index contributed by atoms with van der Waals surface area (Å²) in [6.07, 6.45) is 5.63. The molecular formula is C19H16N8O. The molecule has 138 valence electrons. The average molecular weight is 372 g/mol. The van der Waals surface area contributed by atoms with Gasteiger partial charge in [-0.1, -0.05) is 40.7 Å². The monoisotopic (exact) mass is 372 g/mol. The van der Waals surface area contributed by atoms with Crippen LogP contribution in [0.15, 0.2) is 68.8 Å². The molecule has 0 radical (unpaired) electrons. The third kappa shape index (κ3) is 3.53. The first-order chi connectivity index (χ1) is 13.7. The number of terminal acetylenes is 1. The minimum Gasteiger partial charge on any atom is -0.305 e. The van der Waals surface area contributed by atoms with E-state index in [1.807, 2.05) is 18.2 Å². The van der Waals surface area contributed by atoms with Gasteiger partial charge in [0.2, 0.25) is 0 Å². The second-order valence-corrected chi connectivity index (χ2v) is 5.80. The molecule has 0 amide bonds. The minimum absolute atomic E-state index is 0.0369. The Hall–Kier alpha value is -4.15. The Morgan fingerprint density at radius 1 is 1.25 bits per heavy atom. The Morgan fingerprint density at radius 3 is 2.71 bits per heavy atom. The van der Waals surface area contributed by atoms with Crippen molar-refractivity contribution in [1.82, 2.24) is 9.55 Å². The van der Waals surface area contributed by atoms with Crippen molar-refractivity contribution in [3.63, 3.8) is 0 Å². The summed E-state index contributed by atoms with van der Waals surface area (Å²) in [4.78, 5) is 20.9. The zero-order valence-corrected chi connectivity index (χ0v) is 14.8. The molecule has 2 aromatic carbocycles. The standard InChI is InChI=1S/C19H16N8O/c1-2-7-16(24-26-21)18-23-15-11-6-8-13(12-22-25-20)17(15)19(28)27(18)14-9-4-3-5-10-14/h1,3-6,8-11,16H,7,12H2,(H2,21,24). The van der Waals surface area contributed by atoms with E-state index in [4.69, 9.17) is 17.8 Å². The van der Waals surface area contributed by atoms with Crippen LogP contribution in [-0.2, 0) is 6.54 Å². The molecule has 3 aromatic rings.